The van der Waals surface area contributed by atoms with Gasteiger partial charge < -0.3 is 4.74 Å². The highest BCUT2D eigenvalue weighted by Crippen LogP contribution is 2.38. The van der Waals surface area contributed by atoms with E-state index in [2.05, 4.69) is 32.0 Å². The van der Waals surface area contributed by atoms with E-state index in [-0.39, 0.29) is 4.90 Å². The van der Waals surface area contributed by atoms with Crippen molar-refractivity contribution >= 4 is 24.2 Å². The summed E-state index contributed by atoms with van der Waals surface area (Å²) in [5.41, 5.74) is 3.68. The first-order valence-electron chi connectivity index (χ1n) is 10.5. The largest absolute Gasteiger partial charge is 0.443 e. The van der Waals surface area contributed by atoms with Gasteiger partial charge in [-0.25, -0.2) is 13.2 Å². The van der Waals surface area contributed by atoms with E-state index in [1.165, 1.54) is 12.1 Å². The van der Waals surface area contributed by atoms with E-state index in [0.717, 1.165) is 9.87 Å². The molecular weight excluding hydrogens is 438 g/mol. The zero-order valence-electron chi connectivity index (χ0n) is 20.0. The van der Waals surface area contributed by atoms with E-state index >= 15 is 0 Å². The summed E-state index contributed by atoms with van der Waals surface area (Å²) in [5.74, 6) is 0. The molecule has 0 radical (unpaired) electrons. The molecule has 2 aromatic rings. The van der Waals surface area contributed by atoms with E-state index in [9.17, 15) is 13.2 Å². The average Bonchev–Trinajstić information content (AvgIpc) is 2.66. The average molecular weight is 472 g/mol. The van der Waals surface area contributed by atoms with Gasteiger partial charge in [0.15, 0.2) is 0 Å². The number of aryl methyl sites for hydroxylation is 1. The molecule has 1 atom stereocenters. The van der Waals surface area contributed by atoms with E-state index in [4.69, 9.17) is 4.74 Å². The first kappa shape index (κ1) is 25.7. The molecule has 0 spiro atoms. The first-order valence-corrected chi connectivity index (χ1v) is 15.4. The second-order valence-electron chi connectivity index (χ2n) is 9.75. The van der Waals surface area contributed by atoms with Crippen molar-refractivity contribution in [2.75, 3.05) is 0 Å². The van der Waals surface area contributed by atoms with Crippen LogP contribution in [0.1, 0.15) is 37.9 Å². The van der Waals surface area contributed by atoms with Crippen LogP contribution in [0.3, 0.4) is 0 Å². The van der Waals surface area contributed by atoms with E-state index in [1.54, 1.807) is 32.9 Å². The Hall–Kier alpha value is -2.60. The maximum atomic E-state index is 13.9. The molecule has 0 fully saturated rings. The highest BCUT2D eigenvalue weighted by molar-refractivity contribution is 7.89. The molecule has 0 N–H and O–H groups in total. The fourth-order valence-corrected chi connectivity index (χ4v) is 6.48. The molecule has 0 unspecified atom stereocenters. The second-order valence-corrected chi connectivity index (χ2v) is 16.6. The van der Waals surface area contributed by atoms with Gasteiger partial charge in [0, 0.05) is 0 Å². The minimum Gasteiger partial charge on any atom is -0.443 e. The molecule has 0 saturated carbocycles. The molecule has 1 amide bonds. The third-order valence-corrected chi connectivity index (χ3v) is 8.58. The highest BCUT2D eigenvalue weighted by atomic mass is 32.2. The molecule has 172 valence electrons. The predicted octanol–water partition coefficient (Wildman–Crippen LogP) is 6.25. The van der Waals surface area contributed by atoms with Crippen molar-refractivity contribution in [2.24, 2.45) is 0 Å². The summed E-state index contributed by atoms with van der Waals surface area (Å²) in [7, 11) is -6.42. The van der Waals surface area contributed by atoms with Crippen LogP contribution in [0.25, 0.3) is 0 Å². The molecule has 0 aromatic heterocycles. The monoisotopic (exact) mass is 471 g/mol. The molecule has 5 nitrogen and oxygen atoms in total. The fourth-order valence-electron chi connectivity index (χ4n) is 3.30. The third kappa shape index (κ3) is 6.00. The van der Waals surface area contributed by atoms with Gasteiger partial charge >= 0.3 is 6.09 Å². The second kappa shape index (κ2) is 9.49. The van der Waals surface area contributed by atoms with Crippen molar-refractivity contribution in [3.05, 3.63) is 83.2 Å². The van der Waals surface area contributed by atoms with E-state index in [1.807, 2.05) is 37.3 Å². The quantitative estimate of drug-likeness (QED) is 0.369. The van der Waals surface area contributed by atoms with Crippen molar-refractivity contribution in [3.8, 4) is 0 Å². The number of sulfonamides is 1. The normalized spacial score (nSPS) is 13.1. The first-order chi connectivity index (χ1) is 14.7. The summed E-state index contributed by atoms with van der Waals surface area (Å²) in [4.78, 5) is 13.5. The fraction of sp³-hybridized carbons (Fsp3) is 0.360. The number of benzene rings is 2. The Balaban J connectivity index is 2.85. The van der Waals surface area contributed by atoms with Gasteiger partial charge in [0.1, 0.15) is 11.6 Å². The van der Waals surface area contributed by atoms with Gasteiger partial charge in [-0.05, 0) is 50.6 Å². The van der Waals surface area contributed by atoms with Gasteiger partial charge in [0.25, 0.3) is 10.0 Å². The minimum atomic E-state index is -4.26. The number of ether oxygens (including phenoxy) is 1. The Morgan fingerprint density at radius 2 is 1.56 bits per heavy atom. The van der Waals surface area contributed by atoms with Crippen LogP contribution in [0, 0.1) is 6.92 Å². The van der Waals surface area contributed by atoms with Gasteiger partial charge in [-0.2, -0.15) is 4.31 Å². The highest BCUT2D eigenvalue weighted by Gasteiger charge is 2.43. The molecule has 2 rings (SSSR count). The summed E-state index contributed by atoms with van der Waals surface area (Å²) in [6, 6.07) is 14.6. The summed E-state index contributed by atoms with van der Waals surface area (Å²) >= 11 is 0. The van der Waals surface area contributed by atoms with Crippen molar-refractivity contribution in [1.29, 1.82) is 0 Å². The zero-order valence-corrected chi connectivity index (χ0v) is 21.8. The van der Waals surface area contributed by atoms with Crippen molar-refractivity contribution in [1.82, 2.24) is 4.31 Å². The van der Waals surface area contributed by atoms with Crippen molar-refractivity contribution < 1.29 is 17.9 Å². The number of hydrogen-bond acceptors (Lipinski definition) is 4. The van der Waals surface area contributed by atoms with Crippen LogP contribution in [0.2, 0.25) is 19.6 Å². The Morgan fingerprint density at radius 1 is 1.03 bits per heavy atom. The molecule has 0 saturated heterocycles. The molecule has 2 aromatic carbocycles. The molecule has 0 aliphatic rings. The topological polar surface area (TPSA) is 63.7 Å². The Bertz CT molecular complexity index is 1110. The lowest BCUT2D eigenvalue weighted by Gasteiger charge is -2.37. The maximum absolute atomic E-state index is 13.9. The Morgan fingerprint density at radius 3 is 2.00 bits per heavy atom. The predicted molar refractivity (Wildman–Crippen MR) is 132 cm³/mol. The number of carbonyl (C=O) groups is 1. The van der Waals surface area contributed by atoms with Crippen molar-refractivity contribution in [2.45, 2.75) is 63.9 Å². The van der Waals surface area contributed by atoms with Crippen LogP contribution >= 0.6 is 0 Å². The van der Waals surface area contributed by atoms with Crippen LogP contribution in [-0.4, -0.2) is 32.5 Å². The Labute approximate surface area is 193 Å². The van der Waals surface area contributed by atoms with Crippen LogP contribution in [0.4, 0.5) is 4.79 Å². The van der Waals surface area contributed by atoms with Crippen LogP contribution in [0.15, 0.2) is 77.0 Å². The lowest BCUT2D eigenvalue weighted by molar-refractivity contribution is 0.0357. The summed E-state index contributed by atoms with van der Waals surface area (Å²) in [5, 5.41) is 0.699. The summed E-state index contributed by atoms with van der Waals surface area (Å²) in [6.45, 7) is 17.1. The number of hydrogen-bond donors (Lipinski definition) is 0. The maximum Gasteiger partial charge on any atom is 0.425 e. The molecule has 0 aliphatic heterocycles. The van der Waals surface area contributed by atoms with Gasteiger partial charge in [-0.15, -0.1) is 5.73 Å². The standard InChI is InChI=1S/C25H33NO4SSi/c1-9-22(32(6,7)8)23(20-13-11-10-12-14-20)26(24(27)30-25(3,4)5)31(28,29)21-17-15-19(2)16-18-21/h10-18,23H,1H2,2-8H3/t23-/m1/s1. The molecule has 0 bridgehead atoms. The molecule has 7 heteroatoms. The van der Waals surface area contributed by atoms with E-state index < -0.39 is 35.8 Å². The van der Waals surface area contributed by atoms with Gasteiger partial charge in [0.2, 0.25) is 0 Å². The number of rotatable bonds is 6. The van der Waals surface area contributed by atoms with Gasteiger partial charge in [0.05, 0.1) is 13.0 Å². The van der Waals surface area contributed by atoms with Crippen LogP contribution < -0.4 is 0 Å². The number of amides is 1. The van der Waals surface area contributed by atoms with Gasteiger partial charge in [-0.3, -0.25) is 0 Å². The SMILES string of the molecule is C=C=C([C@@H](c1ccccc1)N(C(=O)OC(C)(C)C)S(=O)(=O)c1ccc(C)cc1)[Si](C)(C)C. The van der Waals surface area contributed by atoms with Crippen LogP contribution in [0.5, 0.6) is 0 Å². The Kier molecular flexibility index (Phi) is 7.61. The minimum absolute atomic E-state index is 0.0221. The van der Waals surface area contributed by atoms with Crippen LogP contribution in [-0.2, 0) is 14.8 Å². The van der Waals surface area contributed by atoms with Crippen molar-refractivity contribution in [3.63, 3.8) is 0 Å². The molecule has 32 heavy (non-hydrogen) atoms. The molecule has 0 heterocycles. The number of nitrogens with zero attached hydrogens (tertiary/aromatic N) is 1. The lowest BCUT2D eigenvalue weighted by Crippen LogP contribution is -2.46. The lowest BCUT2D eigenvalue weighted by atomic mass is 10.1. The van der Waals surface area contributed by atoms with E-state index in [0.29, 0.717) is 10.8 Å². The molecule has 0 aliphatic carbocycles. The smallest absolute Gasteiger partial charge is 0.425 e. The summed E-state index contributed by atoms with van der Waals surface area (Å²) in [6.07, 6.45) is -0.932. The number of carbonyl (C=O) groups excluding carboxylic acids is 1. The molecular formula is C25H33NO4SSi. The third-order valence-electron chi connectivity index (χ3n) is 4.77. The summed E-state index contributed by atoms with van der Waals surface area (Å²) < 4.78 is 34.3. The van der Waals surface area contributed by atoms with Gasteiger partial charge in [-0.1, -0.05) is 74.2 Å². The zero-order chi connectivity index (χ0) is 24.3.